The molecule has 0 unspecified atom stereocenters. The number of aryl methyl sites for hydroxylation is 1. The van der Waals surface area contributed by atoms with Crippen LogP contribution >= 0.6 is 22.9 Å². The van der Waals surface area contributed by atoms with Gasteiger partial charge in [-0.2, -0.15) is 0 Å². The first-order valence-corrected chi connectivity index (χ1v) is 8.19. The third-order valence-electron chi connectivity index (χ3n) is 3.29. The largest absolute Gasteiger partial charge is 0.354 e. The average molecular weight is 318 g/mol. The van der Waals surface area contributed by atoms with E-state index in [0.29, 0.717) is 11.1 Å². The maximum atomic E-state index is 6.24. The number of hydrogen-bond donors (Lipinski definition) is 1. The number of hydrogen-bond acceptors (Lipinski definition) is 4. The molecule has 3 aromatic rings. The molecule has 0 aliphatic heterocycles. The number of thiophene rings is 1. The van der Waals surface area contributed by atoms with Crippen LogP contribution in [-0.4, -0.2) is 16.5 Å². The van der Waals surface area contributed by atoms with Crippen LogP contribution in [0.2, 0.25) is 5.15 Å². The molecular weight excluding hydrogens is 302 g/mol. The van der Waals surface area contributed by atoms with Gasteiger partial charge in [0, 0.05) is 16.8 Å². The molecule has 108 valence electrons. The van der Waals surface area contributed by atoms with Crippen molar-refractivity contribution in [2.75, 3.05) is 11.9 Å². The van der Waals surface area contributed by atoms with Crippen LogP contribution in [0.25, 0.3) is 10.2 Å². The molecule has 0 aliphatic rings. The summed E-state index contributed by atoms with van der Waals surface area (Å²) in [4.78, 5) is 11.1. The minimum Gasteiger partial charge on any atom is -0.354 e. The van der Waals surface area contributed by atoms with Crippen molar-refractivity contribution in [3.63, 3.8) is 0 Å². The predicted molar refractivity (Wildman–Crippen MR) is 90.4 cm³/mol. The Morgan fingerprint density at radius 2 is 2.00 bits per heavy atom. The van der Waals surface area contributed by atoms with Gasteiger partial charge in [-0.25, -0.2) is 9.97 Å². The number of anilines is 1. The van der Waals surface area contributed by atoms with Gasteiger partial charge in [-0.15, -0.1) is 11.3 Å². The summed E-state index contributed by atoms with van der Waals surface area (Å²) in [6.07, 6.45) is 1.93. The van der Waals surface area contributed by atoms with E-state index < -0.39 is 0 Å². The SMILES string of the molecule is CCc1cc2c(Cl)nc(NCCc3ccccc3)nc2s1. The third-order valence-corrected chi connectivity index (χ3v) is 4.75. The highest BCUT2D eigenvalue weighted by Crippen LogP contribution is 2.29. The van der Waals surface area contributed by atoms with Crippen LogP contribution in [0.1, 0.15) is 17.4 Å². The highest BCUT2D eigenvalue weighted by Gasteiger charge is 2.09. The second-order valence-electron chi connectivity index (χ2n) is 4.79. The van der Waals surface area contributed by atoms with Gasteiger partial charge in [-0.1, -0.05) is 48.9 Å². The van der Waals surface area contributed by atoms with Crippen LogP contribution in [0.4, 0.5) is 5.95 Å². The van der Waals surface area contributed by atoms with Crippen LogP contribution in [-0.2, 0) is 12.8 Å². The molecule has 0 atom stereocenters. The predicted octanol–water partition coefficient (Wildman–Crippen LogP) is 4.56. The highest BCUT2D eigenvalue weighted by molar-refractivity contribution is 7.18. The number of fused-ring (bicyclic) bond motifs is 1. The summed E-state index contributed by atoms with van der Waals surface area (Å²) in [7, 11) is 0. The third kappa shape index (κ3) is 3.34. The topological polar surface area (TPSA) is 37.8 Å². The quantitative estimate of drug-likeness (QED) is 0.701. The van der Waals surface area contributed by atoms with Crippen molar-refractivity contribution in [3.8, 4) is 0 Å². The van der Waals surface area contributed by atoms with Crippen molar-refractivity contribution in [1.29, 1.82) is 0 Å². The van der Waals surface area contributed by atoms with E-state index in [9.17, 15) is 0 Å². The minimum absolute atomic E-state index is 0.526. The van der Waals surface area contributed by atoms with Crippen molar-refractivity contribution >= 4 is 39.1 Å². The molecule has 0 saturated carbocycles. The van der Waals surface area contributed by atoms with E-state index >= 15 is 0 Å². The van der Waals surface area contributed by atoms with Crippen molar-refractivity contribution in [1.82, 2.24) is 9.97 Å². The van der Waals surface area contributed by atoms with Crippen LogP contribution in [0.5, 0.6) is 0 Å². The van der Waals surface area contributed by atoms with Gasteiger partial charge in [-0.3, -0.25) is 0 Å². The van der Waals surface area contributed by atoms with Crippen molar-refractivity contribution in [2.24, 2.45) is 0 Å². The van der Waals surface area contributed by atoms with Gasteiger partial charge in [0.2, 0.25) is 5.95 Å². The second-order valence-corrected chi connectivity index (χ2v) is 6.26. The summed E-state index contributed by atoms with van der Waals surface area (Å²) in [5.41, 5.74) is 1.29. The van der Waals surface area contributed by atoms with Crippen molar-refractivity contribution < 1.29 is 0 Å². The Morgan fingerprint density at radius 1 is 1.19 bits per heavy atom. The molecular formula is C16H16ClN3S. The molecule has 0 spiro atoms. The monoisotopic (exact) mass is 317 g/mol. The Morgan fingerprint density at radius 3 is 2.76 bits per heavy atom. The first-order valence-electron chi connectivity index (χ1n) is 7.00. The lowest BCUT2D eigenvalue weighted by Gasteiger charge is -2.05. The molecule has 0 radical (unpaired) electrons. The van der Waals surface area contributed by atoms with E-state index in [1.54, 1.807) is 11.3 Å². The van der Waals surface area contributed by atoms with E-state index in [0.717, 1.165) is 29.6 Å². The molecule has 0 fully saturated rings. The zero-order valence-electron chi connectivity index (χ0n) is 11.8. The van der Waals surface area contributed by atoms with Crippen LogP contribution in [0.3, 0.4) is 0 Å². The fourth-order valence-corrected chi connectivity index (χ4v) is 3.40. The normalized spacial score (nSPS) is 11.0. The molecule has 5 heteroatoms. The van der Waals surface area contributed by atoms with Gasteiger partial charge in [0.1, 0.15) is 9.98 Å². The van der Waals surface area contributed by atoms with Gasteiger partial charge in [0.15, 0.2) is 0 Å². The lowest BCUT2D eigenvalue weighted by atomic mass is 10.1. The summed E-state index contributed by atoms with van der Waals surface area (Å²) >= 11 is 7.92. The molecule has 1 aromatic carbocycles. The first kappa shape index (κ1) is 14.3. The number of benzene rings is 1. The molecule has 2 heterocycles. The van der Waals surface area contributed by atoms with E-state index in [-0.39, 0.29) is 0 Å². The second kappa shape index (κ2) is 6.41. The summed E-state index contributed by atoms with van der Waals surface area (Å²) < 4.78 is 0. The number of nitrogens with one attached hydrogen (secondary N) is 1. The lowest BCUT2D eigenvalue weighted by Crippen LogP contribution is -2.07. The lowest BCUT2D eigenvalue weighted by molar-refractivity contribution is 0.992. The molecule has 1 N–H and O–H groups in total. The van der Waals surface area contributed by atoms with Gasteiger partial charge in [0.25, 0.3) is 0 Å². The summed E-state index contributed by atoms with van der Waals surface area (Å²) in [6.45, 7) is 2.92. The fourth-order valence-electron chi connectivity index (χ4n) is 2.15. The zero-order valence-corrected chi connectivity index (χ0v) is 13.3. The number of rotatable bonds is 5. The van der Waals surface area contributed by atoms with E-state index in [1.165, 1.54) is 10.4 Å². The smallest absolute Gasteiger partial charge is 0.225 e. The zero-order chi connectivity index (χ0) is 14.7. The number of halogens is 1. The molecule has 0 saturated heterocycles. The van der Waals surface area contributed by atoms with Gasteiger partial charge < -0.3 is 5.32 Å². The van der Waals surface area contributed by atoms with Crippen LogP contribution in [0, 0.1) is 0 Å². The molecule has 0 amide bonds. The molecule has 21 heavy (non-hydrogen) atoms. The highest BCUT2D eigenvalue weighted by atomic mass is 35.5. The van der Waals surface area contributed by atoms with Crippen molar-refractivity contribution in [3.05, 3.63) is 52.0 Å². The fraction of sp³-hybridized carbons (Fsp3) is 0.250. The first-order chi connectivity index (χ1) is 10.3. The standard InChI is InChI=1S/C16H16ClN3S/c1-2-12-10-13-14(17)19-16(20-15(13)21-12)18-9-8-11-6-4-3-5-7-11/h3-7,10H,2,8-9H2,1H3,(H,18,19,20). The number of aromatic nitrogens is 2. The molecule has 3 rings (SSSR count). The Labute approximate surface area is 133 Å². The Hall–Kier alpha value is -1.65. The van der Waals surface area contributed by atoms with Crippen molar-refractivity contribution in [2.45, 2.75) is 19.8 Å². The maximum Gasteiger partial charge on any atom is 0.225 e. The summed E-state index contributed by atoms with van der Waals surface area (Å²) in [5, 5.41) is 4.73. The maximum absolute atomic E-state index is 6.24. The summed E-state index contributed by atoms with van der Waals surface area (Å²) in [6, 6.07) is 12.4. The van der Waals surface area contributed by atoms with E-state index in [1.807, 2.05) is 18.2 Å². The molecule has 2 aromatic heterocycles. The van der Waals surface area contributed by atoms with E-state index in [4.69, 9.17) is 11.6 Å². The van der Waals surface area contributed by atoms with E-state index in [2.05, 4.69) is 40.4 Å². The van der Waals surface area contributed by atoms with Gasteiger partial charge >= 0.3 is 0 Å². The Kier molecular flexibility index (Phi) is 4.36. The molecule has 3 nitrogen and oxygen atoms in total. The molecule has 0 aliphatic carbocycles. The van der Waals surface area contributed by atoms with Gasteiger partial charge in [-0.05, 0) is 24.5 Å². The van der Waals surface area contributed by atoms with Gasteiger partial charge in [0.05, 0.1) is 0 Å². The molecule has 0 bridgehead atoms. The Balaban J connectivity index is 1.72. The number of nitrogens with zero attached hydrogens (tertiary/aromatic N) is 2. The Bertz CT molecular complexity index is 740. The minimum atomic E-state index is 0.526. The summed E-state index contributed by atoms with van der Waals surface area (Å²) in [5.74, 6) is 0.605. The van der Waals surface area contributed by atoms with Crippen LogP contribution in [0.15, 0.2) is 36.4 Å². The van der Waals surface area contributed by atoms with Crippen LogP contribution < -0.4 is 5.32 Å². The average Bonchev–Trinajstić information content (AvgIpc) is 2.92.